The van der Waals surface area contributed by atoms with Crippen LogP contribution >= 0.6 is 31.9 Å². The lowest BCUT2D eigenvalue weighted by Crippen LogP contribution is -2.51. The fourth-order valence-corrected chi connectivity index (χ4v) is 6.38. The Balaban J connectivity index is 2.81. The number of hydrogen-bond acceptors (Lipinski definition) is 7. The van der Waals surface area contributed by atoms with Gasteiger partial charge in [0.15, 0.2) is 5.79 Å². The molecule has 0 aromatic rings. The normalized spacial score (nSPS) is 32.4. The smallest absolute Gasteiger partial charge is 0.310 e. The molecular weight excluding hydrogens is 462 g/mol. The van der Waals surface area contributed by atoms with Crippen molar-refractivity contribution in [1.82, 2.24) is 0 Å². The van der Waals surface area contributed by atoms with Gasteiger partial charge >= 0.3 is 11.9 Å². The van der Waals surface area contributed by atoms with Crippen molar-refractivity contribution in [3.63, 3.8) is 0 Å². The van der Waals surface area contributed by atoms with Crippen LogP contribution in [0.25, 0.3) is 0 Å². The lowest BCUT2D eigenvalue weighted by Gasteiger charge is -2.43. The summed E-state index contributed by atoms with van der Waals surface area (Å²) in [5, 5.41) is 9.14. The molecule has 0 aromatic heterocycles. The maximum Gasteiger partial charge on any atom is 0.310 e. The molecule has 2 bridgehead atoms. The van der Waals surface area contributed by atoms with Crippen LogP contribution in [-0.4, -0.2) is 46.2 Å². The van der Waals surface area contributed by atoms with Gasteiger partial charge in [-0.25, -0.2) is 0 Å². The highest BCUT2D eigenvalue weighted by Gasteiger charge is 2.80. The number of nitrogens with zero attached hydrogens (tertiary/aromatic N) is 1. The zero-order valence-corrected chi connectivity index (χ0v) is 17.5. The molecule has 0 amide bonds. The van der Waals surface area contributed by atoms with Crippen LogP contribution in [0, 0.1) is 34.5 Å². The highest BCUT2D eigenvalue weighted by molar-refractivity contribution is 9.14. The molecule has 0 aliphatic heterocycles. The molecule has 0 saturated heterocycles. The summed E-state index contributed by atoms with van der Waals surface area (Å²) in [6.07, 6.45) is 0.378. The number of methoxy groups -OCH3 is 4. The van der Waals surface area contributed by atoms with E-state index in [-0.39, 0.29) is 12.8 Å². The van der Waals surface area contributed by atoms with Gasteiger partial charge in [0, 0.05) is 29.6 Å². The second kappa shape index (κ2) is 7.35. The summed E-state index contributed by atoms with van der Waals surface area (Å²) in [5.41, 5.74) is -1.10. The number of ether oxygens (including phenoxy) is 4. The summed E-state index contributed by atoms with van der Waals surface area (Å²) in [7, 11) is 5.43. The Morgan fingerprint density at radius 2 is 1.68 bits per heavy atom. The Kier molecular flexibility index (Phi) is 5.99. The van der Waals surface area contributed by atoms with E-state index >= 15 is 0 Å². The van der Waals surface area contributed by atoms with Crippen LogP contribution < -0.4 is 0 Å². The maximum absolute atomic E-state index is 12.7. The molecule has 7 nitrogen and oxygen atoms in total. The summed E-state index contributed by atoms with van der Waals surface area (Å²) in [6.45, 7) is 0. The van der Waals surface area contributed by atoms with E-state index in [1.165, 1.54) is 28.4 Å². The van der Waals surface area contributed by atoms with Gasteiger partial charge < -0.3 is 18.9 Å². The average Bonchev–Trinajstić information content (AvgIpc) is 2.99. The van der Waals surface area contributed by atoms with Gasteiger partial charge in [0.1, 0.15) is 0 Å². The lowest BCUT2D eigenvalue weighted by molar-refractivity contribution is -0.266. The van der Waals surface area contributed by atoms with Crippen molar-refractivity contribution in [2.75, 3.05) is 28.4 Å². The number of nitriles is 1. The molecule has 4 atom stereocenters. The summed E-state index contributed by atoms with van der Waals surface area (Å²) >= 11 is 7.06. The Morgan fingerprint density at radius 1 is 1.12 bits per heavy atom. The molecule has 1 saturated carbocycles. The molecule has 138 valence electrons. The Bertz CT molecular complexity index is 654. The van der Waals surface area contributed by atoms with Gasteiger partial charge in [-0.15, -0.1) is 0 Å². The number of rotatable bonds is 6. The molecule has 2 aliphatic carbocycles. The van der Waals surface area contributed by atoms with E-state index < -0.39 is 40.9 Å². The number of hydrogen-bond donors (Lipinski definition) is 0. The Hall–Kier alpha value is -0.950. The molecule has 9 heteroatoms. The van der Waals surface area contributed by atoms with Crippen molar-refractivity contribution in [3.8, 4) is 6.07 Å². The van der Waals surface area contributed by atoms with Crippen molar-refractivity contribution in [1.29, 1.82) is 5.26 Å². The van der Waals surface area contributed by atoms with Crippen molar-refractivity contribution in [2.45, 2.75) is 18.6 Å². The van der Waals surface area contributed by atoms with Crippen molar-refractivity contribution >= 4 is 43.8 Å². The molecule has 0 radical (unpaired) electrons. The van der Waals surface area contributed by atoms with Gasteiger partial charge in [0.2, 0.25) is 0 Å². The first kappa shape index (κ1) is 20.4. The molecule has 2 rings (SSSR count). The quantitative estimate of drug-likeness (QED) is 0.425. The number of carbonyl (C=O) groups excluding carboxylic acids is 2. The van der Waals surface area contributed by atoms with Crippen LogP contribution in [0.1, 0.15) is 12.8 Å². The summed E-state index contributed by atoms with van der Waals surface area (Å²) in [4.78, 5) is 25.2. The minimum absolute atomic E-state index is 0.137. The fraction of sp³-hybridized carbons (Fsp3) is 0.688. The van der Waals surface area contributed by atoms with Crippen LogP contribution in [0.3, 0.4) is 0 Å². The second-order valence-corrected chi connectivity index (χ2v) is 7.54. The van der Waals surface area contributed by atoms with Crippen LogP contribution in [0.2, 0.25) is 0 Å². The zero-order chi connectivity index (χ0) is 19.0. The third-order valence-corrected chi connectivity index (χ3v) is 7.88. The fourth-order valence-electron chi connectivity index (χ4n) is 4.47. The molecule has 0 unspecified atom stereocenters. The van der Waals surface area contributed by atoms with Crippen LogP contribution in [0.15, 0.2) is 8.96 Å². The van der Waals surface area contributed by atoms with Gasteiger partial charge in [0.25, 0.3) is 0 Å². The molecule has 0 N–H and O–H groups in total. The minimum atomic E-state index is -1.32. The number of carbonyl (C=O) groups is 2. The van der Waals surface area contributed by atoms with E-state index in [0.717, 1.165) is 0 Å². The van der Waals surface area contributed by atoms with Crippen molar-refractivity contribution < 1.29 is 28.5 Å². The molecule has 1 fully saturated rings. The highest BCUT2D eigenvalue weighted by atomic mass is 79.9. The SMILES string of the molecule is COC(=O)[C@H]1[C@H]2C(Br)=C(Br)[C@@](CCC#N)([C@H]1C(=O)OC)C2(OC)OC. The van der Waals surface area contributed by atoms with E-state index in [1.807, 2.05) is 0 Å². The predicted molar refractivity (Wildman–Crippen MR) is 93.4 cm³/mol. The first-order valence-corrected chi connectivity index (χ1v) is 9.11. The predicted octanol–water partition coefficient (Wildman–Crippen LogP) is 2.49. The van der Waals surface area contributed by atoms with Gasteiger partial charge in [-0.05, 0) is 6.42 Å². The number of halogens is 2. The molecule has 0 aromatic carbocycles. The largest absolute Gasteiger partial charge is 0.469 e. The summed E-state index contributed by atoms with van der Waals surface area (Å²) in [5.74, 6) is -4.86. The van der Waals surface area contributed by atoms with E-state index in [9.17, 15) is 9.59 Å². The molecule has 25 heavy (non-hydrogen) atoms. The van der Waals surface area contributed by atoms with Crippen LogP contribution in [0.4, 0.5) is 0 Å². The van der Waals surface area contributed by atoms with Gasteiger partial charge in [-0.3, -0.25) is 9.59 Å². The highest BCUT2D eigenvalue weighted by Crippen LogP contribution is 2.74. The second-order valence-electron chi connectivity index (χ2n) is 5.89. The standard InChI is InChI=1S/C16H19Br2NO6/c1-22-13(20)8-9-11(17)12(18)15(6-5-7-19,10(8)14(21)23-2)16(9,24-3)25-4/h8-10H,5-6H2,1-4H3/t8-,9-,10+,15+/m0/s1. The van der Waals surface area contributed by atoms with Crippen LogP contribution in [0.5, 0.6) is 0 Å². The van der Waals surface area contributed by atoms with E-state index in [0.29, 0.717) is 8.96 Å². The molecule has 2 aliphatic rings. The number of esters is 2. The topological polar surface area (TPSA) is 94.9 Å². The Labute approximate surface area is 162 Å². The van der Waals surface area contributed by atoms with E-state index in [1.54, 1.807) is 0 Å². The minimum Gasteiger partial charge on any atom is -0.469 e. The van der Waals surface area contributed by atoms with E-state index in [2.05, 4.69) is 37.9 Å². The Morgan fingerprint density at radius 3 is 2.12 bits per heavy atom. The van der Waals surface area contributed by atoms with Gasteiger partial charge in [0.05, 0.1) is 43.5 Å². The maximum atomic E-state index is 12.7. The first-order chi connectivity index (χ1) is 11.8. The third-order valence-electron chi connectivity index (χ3n) is 5.32. The molecule has 0 heterocycles. The van der Waals surface area contributed by atoms with E-state index in [4.69, 9.17) is 24.2 Å². The van der Waals surface area contributed by atoms with Gasteiger partial charge in [-0.1, -0.05) is 31.9 Å². The first-order valence-electron chi connectivity index (χ1n) is 7.53. The zero-order valence-electron chi connectivity index (χ0n) is 14.3. The molecular formula is C16H19Br2NO6. The van der Waals surface area contributed by atoms with Crippen molar-refractivity contribution in [3.05, 3.63) is 8.96 Å². The van der Waals surface area contributed by atoms with Gasteiger partial charge in [-0.2, -0.15) is 5.26 Å². The molecule has 0 spiro atoms. The summed E-state index contributed by atoms with van der Waals surface area (Å²) in [6, 6.07) is 2.09. The monoisotopic (exact) mass is 479 g/mol. The lowest BCUT2D eigenvalue weighted by atomic mass is 9.69. The third kappa shape index (κ3) is 2.41. The number of fused-ring (bicyclic) bond motifs is 2. The van der Waals surface area contributed by atoms with Crippen molar-refractivity contribution in [2.24, 2.45) is 23.2 Å². The summed E-state index contributed by atoms with van der Waals surface area (Å²) < 4.78 is 22.8. The van der Waals surface area contributed by atoms with Crippen LogP contribution in [-0.2, 0) is 28.5 Å². The average molecular weight is 481 g/mol.